The number of rotatable bonds is 1. The zero-order chi connectivity index (χ0) is 14.6. The summed E-state index contributed by atoms with van der Waals surface area (Å²) in [5, 5.41) is 13.5. The molecule has 0 aliphatic heterocycles. The molecule has 2 heterocycles. The van der Waals surface area contributed by atoms with Gasteiger partial charge < -0.3 is 9.67 Å². The lowest BCUT2D eigenvalue weighted by molar-refractivity contribution is 0.448. The first-order valence-electron chi connectivity index (χ1n) is 6.69. The van der Waals surface area contributed by atoms with Gasteiger partial charge in [0.2, 0.25) is 5.88 Å². The Morgan fingerprint density at radius 1 is 1.05 bits per heavy atom. The maximum absolute atomic E-state index is 10.5. The predicted molar refractivity (Wildman–Crippen MR) is 89.1 cm³/mol. The van der Waals surface area contributed by atoms with Crippen molar-refractivity contribution in [3.8, 4) is 11.6 Å². The summed E-state index contributed by atoms with van der Waals surface area (Å²) < 4.78 is 4.81. The number of halogens is 1. The number of benzene rings is 2. The molecule has 0 atom stereocenters. The largest absolute Gasteiger partial charge is 0.494 e. The van der Waals surface area contributed by atoms with E-state index in [0.29, 0.717) is 0 Å². The fraction of sp³-hybridized carbons (Fsp3) is 0.0588. The smallest absolute Gasteiger partial charge is 0.204 e. The Bertz CT molecular complexity index is 981. The molecular weight excluding hydrogens is 328 g/mol. The van der Waals surface area contributed by atoms with Gasteiger partial charge in [0.05, 0.1) is 5.39 Å². The van der Waals surface area contributed by atoms with Crippen LogP contribution in [0.4, 0.5) is 0 Å². The summed E-state index contributed by atoms with van der Waals surface area (Å²) in [6.45, 7) is 0. The minimum atomic E-state index is 0.257. The summed E-state index contributed by atoms with van der Waals surface area (Å²) >= 11 is 3.50. The Morgan fingerprint density at radius 2 is 1.90 bits per heavy atom. The van der Waals surface area contributed by atoms with E-state index in [1.54, 1.807) is 0 Å². The summed E-state index contributed by atoms with van der Waals surface area (Å²) in [7, 11) is 2.03. The molecule has 21 heavy (non-hydrogen) atoms. The van der Waals surface area contributed by atoms with Crippen molar-refractivity contribution in [1.29, 1.82) is 0 Å². The number of hydrogen-bond donors (Lipinski definition) is 1. The van der Waals surface area contributed by atoms with Crippen LogP contribution in [0.2, 0.25) is 0 Å². The highest BCUT2D eigenvalue weighted by Gasteiger charge is 2.12. The fourth-order valence-electron chi connectivity index (χ4n) is 2.82. The van der Waals surface area contributed by atoms with Gasteiger partial charge in [0.1, 0.15) is 0 Å². The molecule has 4 heteroatoms. The third-order valence-electron chi connectivity index (χ3n) is 3.91. The summed E-state index contributed by atoms with van der Waals surface area (Å²) in [6, 6.07) is 14.2. The van der Waals surface area contributed by atoms with Crippen LogP contribution in [0.3, 0.4) is 0 Å². The normalized spacial score (nSPS) is 11.5. The van der Waals surface area contributed by atoms with Gasteiger partial charge in [-0.25, -0.2) is 0 Å². The summed E-state index contributed by atoms with van der Waals surface area (Å²) in [6.07, 6.45) is 4.00. The molecular formula is C17H13BrN2O. The first-order valence-corrected chi connectivity index (χ1v) is 7.48. The number of nitrogens with zero attached hydrogens (tertiary/aromatic N) is 2. The molecule has 0 saturated carbocycles. The van der Waals surface area contributed by atoms with E-state index in [9.17, 15) is 5.11 Å². The van der Waals surface area contributed by atoms with Crippen LogP contribution in [0, 0.1) is 0 Å². The van der Waals surface area contributed by atoms with Gasteiger partial charge in [-0.15, -0.1) is 0 Å². The van der Waals surface area contributed by atoms with Crippen molar-refractivity contribution < 1.29 is 5.11 Å². The lowest BCUT2D eigenvalue weighted by Gasteiger charge is -2.06. The van der Waals surface area contributed by atoms with E-state index in [1.165, 1.54) is 5.52 Å². The number of aromatic hydroxyl groups is 1. The second-order valence-electron chi connectivity index (χ2n) is 5.20. The molecule has 0 aliphatic rings. The number of aromatic nitrogens is 2. The van der Waals surface area contributed by atoms with Gasteiger partial charge in [-0.2, -0.15) is 0 Å². The zero-order valence-corrected chi connectivity index (χ0v) is 13.0. The fourth-order valence-corrected chi connectivity index (χ4v) is 3.38. The van der Waals surface area contributed by atoms with Gasteiger partial charge in [0.15, 0.2) is 0 Å². The van der Waals surface area contributed by atoms with E-state index in [0.717, 1.165) is 26.3 Å². The number of hydrogen-bond acceptors (Lipinski definition) is 1. The maximum atomic E-state index is 10.5. The van der Waals surface area contributed by atoms with E-state index < -0.39 is 0 Å². The third-order valence-corrected chi connectivity index (χ3v) is 4.57. The van der Waals surface area contributed by atoms with Crippen LogP contribution in [0.1, 0.15) is 0 Å². The van der Waals surface area contributed by atoms with Crippen LogP contribution < -0.4 is 0 Å². The summed E-state index contributed by atoms with van der Waals surface area (Å²) in [4.78, 5) is 0. The van der Waals surface area contributed by atoms with Crippen molar-refractivity contribution in [3.63, 3.8) is 0 Å². The van der Waals surface area contributed by atoms with E-state index >= 15 is 0 Å². The number of fused-ring (bicyclic) bond motifs is 2. The molecule has 2 aromatic heterocycles. The van der Waals surface area contributed by atoms with Gasteiger partial charge in [-0.05, 0) is 46.3 Å². The van der Waals surface area contributed by atoms with E-state index in [4.69, 9.17) is 0 Å². The van der Waals surface area contributed by atoms with Gasteiger partial charge in [0.25, 0.3) is 0 Å². The minimum Gasteiger partial charge on any atom is -0.494 e. The van der Waals surface area contributed by atoms with E-state index in [-0.39, 0.29) is 5.88 Å². The Kier molecular flexibility index (Phi) is 2.62. The van der Waals surface area contributed by atoms with Crippen molar-refractivity contribution in [2.45, 2.75) is 0 Å². The average molecular weight is 341 g/mol. The first kappa shape index (κ1) is 12.5. The lowest BCUT2D eigenvalue weighted by atomic mass is 10.2. The minimum absolute atomic E-state index is 0.257. The van der Waals surface area contributed by atoms with Crippen LogP contribution in [0.5, 0.6) is 5.88 Å². The van der Waals surface area contributed by atoms with Gasteiger partial charge in [-0.3, -0.25) is 4.57 Å². The van der Waals surface area contributed by atoms with Crippen molar-refractivity contribution in [2.24, 2.45) is 7.05 Å². The Balaban J connectivity index is 1.99. The Hall–Kier alpha value is -2.20. The SMILES string of the molecule is Cn1ccc2cc(-n3cc4cccc(Br)c4c3O)ccc21. The quantitative estimate of drug-likeness (QED) is 0.539. The molecule has 4 aromatic rings. The molecule has 104 valence electrons. The highest BCUT2D eigenvalue weighted by molar-refractivity contribution is 9.10. The van der Waals surface area contributed by atoms with Crippen molar-refractivity contribution in [3.05, 3.63) is 59.3 Å². The van der Waals surface area contributed by atoms with Crippen molar-refractivity contribution in [2.75, 3.05) is 0 Å². The monoisotopic (exact) mass is 340 g/mol. The lowest BCUT2D eigenvalue weighted by Crippen LogP contribution is -1.91. The predicted octanol–water partition coefficient (Wildman–Crippen LogP) is 4.59. The first-order chi connectivity index (χ1) is 10.1. The molecule has 0 fully saturated rings. The van der Waals surface area contributed by atoms with E-state index in [1.807, 2.05) is 48.3 Å². The van der Waals surface area contributed by atoms with Gasteiger partial charge in [-0.1, -0.05) is 12.1 Å². The second-order valence-corrected chi connectivity index (χ2v) is 6.05. The number of aryl methyl sites for hydroxylation is 1. The van der Waals surface area contributed by atoms with Crippen LogP contribution in [-0.2, 0) is 7.05 Å². The molecule has 1 N–H and O–H groups in total. The summed E-state index contributed by atoms with van der Waals surface area (Å²) in [5.74, 6) is 0.257. The second kappa shape index (κ2) is 4.40. The molecule has 0 aliphatic carbocycles. The molecule has 4 rings (SSSR count). The van der Waals surface area contributed by atoms with Crippen molar-refractivity contribution >= 4 is 37.6 Å². The molecule has 0 unspecified atom stereocenters. The molecule has 0 spiro atoms. The standard InChI is InChI=1S/C17H13BrN2O/c1-19-8-7-11-9-13(5-6-15(11)19)20-10-12-3-2-4-14(18)16(12)17(20)21/h2-10,21H,1H3. The van der Waals surface area contributed by atoms with Crippen LogP contribution in [0.15, 0.2) is 59.3 Å². The third kappa shape index (κ3) is 1.79. The Labute approximate surface area is 130 Å². The Morgan fingerprint density at radius 3 is 2.71 bits per heavy atom. The zero-order valence-electron chi connectivity index (χ0n) is 11.4. The van der Waals surface area contributed by atoms with Crippen LogP contribution in [-0.4, -0.2) is 14.2 Å². The maximum Gasteiger partial charge on any atom is 0.204 e. The highest BCUT2D eigenvalue weighted by Crippen LogP contribution is 2.35. The molecule has 3 nitrogen and oxygen atoms in total. The molecule has 0 radical (unpaired) electrons. The van der Waals surface area contributed by atoms with Crippen molar-refractivity contribution in [1.82, 2.24) is 9.13 Å². The van der Waals surface area contributed by atoms with Gasteiger partial charge >= 0.3 is 0 Å². The molecule has 0 bridgehead atoms. The molecule has 2 aromatic carbocycles. The molecule has 0 saturated heterocycles. The average Bonchev–Trinajstić information content (AvgIpc) is 3.01. The van der Waals surface area contributed by atoms with E-state index in [2.05, 4.69) is 38.7 Å². The molecule has 0 amide bonds. The van der Waals surface area contributed by atoms with Gasteiger partial charge in [0, 0.05) is 45.9 Å². The van der Waals surface area contributed by atoms with Crippen LogP contribution in [0.25, 0.3) is 27.4 Å². The van der Waals surface area contributed by atoms with Crippen LogP contribution >= 0.6 is 15.9 Å². The highest BCUT2D eigenvalue weighted by atomic mass is 79.9. The topological polar surface area (TPSA) is 30.1 Å². The summed E-state index contributed by atoms with van der Waals surface area (Å²) in [5.41, 5.74) is 2.13.